The van der Waals surface area contributed by atoms with Gasteiger partial charge in [-0.15, -0.1) is 0 Å². The fraction of sp³-hybridized carbons (Fsp3) is 0.667. The van der Waals surface area contributed by atoms with Crippen LogP contribution in [0.4, 0.5) is 0 Å². The molecule has 0 aromatic carbocycles. The minimum Gasteiger partial charge on any atom is -0.547 e. The molecule has 0 saturated heterocycles. The fourth-order valence-corrected chi connectivity index (χ4v) is 2.84. The van der Waals surface area contributed by atoms with E-state index >= 15 is 0 Å². The van der Waals surface area contributed by atoms with E-state index in [0.29, 0.717) is 0 Å². The number of rotatable bonds is 4. The first-order chi connectivity index (χ1) is 6.48. The Kier molecular flexibility index (Phi) is 3.59. The van der Waals surface area contributed by atoms with Crippen LogP contribution < -0.4 is 0 Å². The molecule has 0 aromatic heterocycles. The Labute approximate surface area is 89.0 Å². The molecular formula is C12H22OSi. The smallest absolute Gasteiger partial charge is 0.241 e. The van der Waals surface area contributed by atoms with E-state index in [1.165, 1.54) is 16.9 Å². The lowest BCUT2D eigenvalue weighted by atomic mass is 10.1. The molecule has 1 aliphatic carbocycles. The Morgan fingerprint density at radius 3 is 2.29 bits per heavy atom. The fourth-order valence-electron chi connectivity index (χ4n) is 1.90. The molecule has 0 aliphatic heterocycles. The predicted octanol–water partition coefficient (Wildman–Crippen LogP) is 4.24. The molecule has 0 amide bonds. The van der Waals surface area contributed by atoms with Gasteiger partial charge in [0.05, 0.1) is 5.76 Å². The van der Waals surface area contributed by atoms with Crippen LogP contribution in [0.25, 0.3) is 0 Å². The highest BCUT2D eigenvalue weighted by Crippen LogP contribution is 2.32. The van der Waals surface area contributed by atoms with Crippen LogP contribution in [-0.4, -0.2) is 8.32 Å². The van der Waals surface area contributed by atoms with E-state index < -0.39 is 8.32 Å². The number of hydrogen-bond acceptors (Lipinski definition) is 1. The highest BCUT2D eigenvalue weighted by Gasteiger charge is 2.22. The molecule has 0 spiro atoms. The Morgan fingerprint density at radius 2 is 1.86 bits per heavy atom. The normalized spacial score (nSPS) is 17.4. The summed E-state index contributed by atoms with van der Waals surface area (Å²) in [6.07, 6.45) is 5.60. The lowest BCUT2D eigenvalue weighted by molar-refractivity contribution is 0.408. The van der Waals surface area contributed by atoms with Gasteiger partial charge < -0.3 is 4.43 Å². The summed E-state index contributed by atoms with van der Waals surface area (Å²) in [5.41, 5.74) is 2.97. The zero-order chi connectivity index (χ0) is 10.8. The standard InChI is InChI=1S/C12H22OSi/c1-6-10-8-9-12(11(10)7-2)13-14(3,4)5/h8H,6-7,9H2,1-5H3. The second kappa shape index (κ2) is 4.35. The number of hydrogen-bond donors (Lipinski definition) is 0. The summed E-state index contributed by atoms with van der Waals surface area (Å²) < 4.78 is 6.10. The average Bonchev–Trinajstić information content (AvgIpc) is 2.43. The van der Waals surface area contributed by atoms with Crippen molar-refractivity contribution in [2.24, 2.45) is 0 Å². The largest absolute Gasteiger partial charge is 0.547 e. The van der Waals surface area contributed by atoms with Gasteiger partial charge in [-0.1, -0.05) is 19.9 Å². The first-order valence-electron chi connectivity index (χ1n) is 5.58. The third-order valence-electron chi connectivity index (χ3n) is 2.42. The molecule has 2 heteroatoms. The van der Waals surface area contributed by atoms with Crippen molar-refractivity contribution >= 4 is 8.32 Å². The zero-order valence-corrected chi connectivity index (χ0v) is 11.1. The molecule has 1 aliphatic rings. The average molecular weight is 210 g/mol. The van der Waals surface area contributed by atoms with Crippen LogP contribution in [0.5, 0.6) is 0 Å². The van der Waals surface area contributed by atoms with E-state index in [9.17, 15) is 0 Å². The quantitative estimate of drug-likeness (QED) is 0.631. The van der Waals surface area contributed by atoms with Gasteiger partial charge in [0.2, 0.25) is 8.32 Å². The van der Waals surface area contributed by atoms with Crippen molar-refractivity contribution in [3.05, 3.63) is 23.0 Å². The minimum absolute atomic E-state index is 1.02. The molecule has 0 bridgehead atoms. The Bertz CT molecular complexity index is 269. The van der Waals surface area contributed by atoms with Gasteiger partial charge >= 0.3 is 0 Å². The lowest BCUT2D eigenvalue weighted by Gasteiger charge is -2.21. The molecule has 0 radical (unpaired) electrons. The topological polar surface area (TPSA) is 9.23 Å². The SMILES string of the molecule is CCC1=CCC(O[Si](C)(C)C)=C1CC. The van der Waals surface area contributed by atoms with Crippen molar-refractivity contribution in [2.75, 3.05) is 0 Å². The molecule has 0 heterocycles. The maximum atomic E-state index is 6.10. The van der Waals surface area contributed by atoms with Crippen molar-refractivity contribution in [1.82, 2.24) is 0 Å². The van der Waals surface area contributed by atoms with E-state index in [0.717, 1.165) is 19.3 Å². The summed E-state index contributed by atoms with van der Waals surface area (Å²) in [6, 6.07) is 0. The maximum Gasteiger partial charge on any atom is 0.241 e. The van der Waals surface area contributed by atoms with E-state index in [2.05, 4.69) is 39.6 Å². The summed E-state index contributed by atoms with van der Waals surface area (Å²) in [5.74, 6) is 1.25. The van der Waals surface area contributed by atoms with Gasteiger partial charge in [0, 0.05) is 6.42 Å². The molecule has 0 saturated carbocycles. The van der Waals surface area contributed by atoms with Gasteiger partial charge in [0.15, 0.2) is 0 Å². The molecular weight excluding hydrogens is 188 g/mol. The maximum absolute atomic E-state index is 6.10. The van der Waals surface area contributed by atoms with Crippen LogP contribution in [-0.2, 0) is 4.43 Å². The molecule has 14 heavy (non-hydrogen) atoms. The van der Waals surface area contributed by atoms with Crippen molar-refractivity contribution in [3.8, 4) is 0 Å². The van der Waals surface area contributed by atoms with Crippen LogP contribution >= 0.6 is 0 Å². The Hall–Kier alpha value is -0.503. The first kappa shape index (κ1) is 11.6. The van der Waals surface area contributed by atoms with Gasteiger partial charge in [0.25, 0.3) is 0 Å². The molecule has 0 fully saturated rings. The number of allylic oxidation sites excluding steroid dienone is 3. The van der Waals surface area contributed by atoms with Gasteiger partial charge in [-0.3, -0.25) is 0 Å². The van der Waals surface area contributed by atoms with Crippen LogP contribution in [0.3, 0.4) is 0 Å². The van der Waals surface area contributed by atoms with Crippen LogP contribution in [0.15, 0.2) is 23.0 Å². The molecule has 1 nitrogen and oxygen atoms in total. The van der Waals surface area contributed by atoms with Crippen molar-refractivity contribution in [1.29, 1.82) is 0 Å². The van der Waals surface area contributed by atoms with E-state index in [1.807, 2.05) is 0 Å². The van der Waals surface area contributed by atoms with Crippen LogP contribution in [0, 0.1) is 0 Å². The summed E-state index contributed by atoms with van der Waals surface area (Å²) in [6.45, 7) is 11.2. The first-order valence-corrected chi connectivity index (χ1v) is 8.99. The Morgan fingerprint density at radius 1 is 1.21 bits per heavy atom. The highest BCUT2D eigenvalue weighted by atomic mass is 28.4. The van der Waals surface area contributed by atoms with Crippen molar-refractivity contribution in [3.63, 3.8) is 0 Å². The van der Waals surface area contributed by atoms with Crippen molar-refractivity contribution < 1.29 is 4.43 Å². The Balaban J connectivity index is 2.79. The summed E-state index contributed by atoms with van der Waals surface area (Å²) in [7, 11) is -1.41. The highest BCUT2D eigenvalue weighted by molar-refractivity contribution is 6.70. The monoisotopic (exact) mass is 210 g/mol. The molecule has 0 aromatic rings. The molecule has 0 atom stereocenters. The summed E-state index contributed by atoms with van der Waals surface area (Å²) in [4.78, 5) is 0. The molecule has 0 N–H and O–H groups in total. The molecule has 1 rings (SSSR count). The van der Waals surface area contributed by atoms with Crippen LogP contribution in [0.2, 0.25) is 19.6 Å². The van der Waals surface area contributed by atoms with Gasteiger partial charge in [-0.2, -0.15) is 0 Å². The van der Waals surface area contributed by atoms with Gasteiger partial charge in [-0.05, 0) is 43.6 Å². The zero-order valence-electron chi connectivity index (χ0n) is 10.1. The van der Waals surface area contributed by atoms with Crippen molar-refractivity contribution in [2.45, 2.75) is 52.8 Å². The van der Waals surface area contributed by atoms with Gasteiger partial charge in [-0.25, -0.2) is 0 Å². The second-order valence-electron chi connectivity index (χ2n) is 4.76. The second-order valence-corrected chi connectivity index (χ2v) is 9.19. The predicted molar refractivity (Wildman–Crippen MR) is 64.7 cm³/mol. The lowest BCUT2D eigenvalue weighted by Crippen LogP contribution is -2.24. The van der Waals surface area contributed by atoms with E-state index in [4.69, 9.17) is 4.43 Å². The van der Waals surface area contributed by atoms with Gasteiger partial charge in [0.1, 0.15) is 0 Å². The minimum atomic E-state index is -1.41. The van der Waals surface area contributed by atoms with Crippen LogP contribution in [0.1, 0.15) is 33.1 Å². The summed E-state index contributed by atoms with van der Waals surface area (Å²) >= 11 is 0. The third-order valence-corrected chi connectivity index (χ3v) is 3.28. The van der Waals surface area contributed by atoms with E-state index in [-0.39, 0.29) is 0 Å². The van der Waals surface area contributed by atoms with E-state index in [1.54, 1.807) is 0 Å². The summed E-state index contributed by atoms with van der Waals surface area (Å²) in [5, 5.41) is 0. The third kappa shape index (κ3) is 2.74. The molecule has 80 valence electrons. The molecule has 0 unspecified atom stereocenters.